The molecule has 3 rings (SSSR count). The number of rotatable bonds is 3. The molecule has 0 atom stereocenters. The number of aryl methyl sites for hydroxylation is 3. The second kappa shape index (κ2) is 5.30. The average Bonchev–Trinajstić information content (AvgIpc) is 2.92. The first-order chi connectivity index (χ1) is 9.78. The van der Waals surface area contributed by atoms with E-state index in [0.717, 1.165) is 36.2 Å². The van der Waals surface area contributed by atoms with Crippen molar-refractivity contribution in [1.82, 2.24) is 9.97 Å². The predicted molar refractivity (Wildman–Crippen MR) is 77.3 cm³/mol. The molecule has 0 aromatic carbocycles. The largest absolute Gasteiger partial charge is 0.363 e. The highest BCUT2D eigenvalue weighted by Crippen LogP contribution is 2.25. The van der Waals surface area contributed by atoms with Gasteiger partial charge in [-0.05, 0) is 49.4 Å². The van der Waals surface area contributed by atoms with Crippen LogP contribution in [0.5, 0.6) is 0 Å². The van der Waals surface area contributed by atoms with Crippen molar-refractivity contribution in [2.45, 2.75) is 32.7 Å². The van der Waals surface area contributed by atoms with E-state index in [2.05, 4.69) is 21.4 Å². The van der Waals surface area contributed by atoms with Crippen LogP contribution in [0.2, 0.25) is 0 Å². The Kier molecular flexibility index (Phi) is 3.34. The summed E-state index contributed by atoms with van der Waals surface area (Å²) in [7, 11) is 0. The van der Waals surface area contributed by atoms with Crippen molar-refractivity contribution < 1.29 is 0 Å². The molecule has 1 N–H and O–H groups in total. The minimum atomic E-state index is 0.590. The van der Waals surface area contributed by atoms with Gasteiger partial charge in [0.2, 0.25) is 0 Å². The smallest absolute Gasteiger partial charge is 0.144 e. The highest BCUT2D eigenvalue weighted by atomic mass is 15.0. The summed E-state index contributed by atoms with van der Waals surface area (Å²) in [5, 5.41) is 12.5. The quantitative estimate of drug-likeness (QED) is 0.926. The average molecular weight is 264 g/mol. The molecule has 1 aliphatic rings. The van der Waals surface area contributed by atoms with Gasteiger partial charge in [0.1, 0.15) is 11.9 Å². The van der Waals surface area contributed by atoms with Gasteiger partial charge in [0.25, 0.3) is 0 Å². The van der Waals surface area contributed by atoms with Crippen LogP contribution in [0.4, 0.5) is 5.82 Å². The van der Waals surface area contributed by atoms with Gasteiger partial charge in [-0.15, -0.1) is 0 Å². The Balaban J connectivity index is 1.84. The first-order valence-corrected chi connectivity index (χ1v) is 6.85. The molecule has 0 spiro atoms. The Bertz CT molecular complexity index is 685. The second-order valence-corrected chi connectivity index (χ2v) is 5.08. The fourth-order valence-electron chi connectivity index (χ4n) is 2.56. The minimum Gasteiger partial charge on any atom is -0.363 e. The molecule has 0 fully saturated rings. The third kappa shape index (κ3) is 2.35. The third-order valence-electron chi connectivity index (χ3n) is 3.71. The van der Waals surface area contributed by atoms with Gasteiger partial charge in [0.05, 0.1) is 17.8 Å². The highest BCUT2D eigenvalue weighted by Gasteiger charge is 2.16. The lowest BCUT2D eigenvalue weighted by molar-refractivity contribution is 0.898. The topological polar surface area (TPSA) is 61.6 Å². The van der Waals surface area contributed by atoms with Crippen molar-refractivity contribution in [3.8, 4) is 6.07 Å². The van der Waals surface area contributed by atoms with Crippen molar-refractivity contribution in [2.75, 3.05) is 5.32 Å². The Hall–Kier alpha value is -2.41. The first-order valence-electron chi connectivity index (χ1n) is 6.85. The van der Waals surface area contributed by atoms with Crippen LogP contribution in [0.1, 0.15) is 34.5 Å². The molecule has 0 saturated carbocycles. The van der Waals surface area contributed by atoms with Gasteiger partial charge < -0.3 is 5.32 Å². The lowest BCUT2D eigenvalue weighted by Gasteiger charge is -2.10. The summed E-state index contributed by atoms with van der Waals surface area (Å²) in [4.78, 5) is 8.96. The minimum absolute atomic E-state index is 0.590. The van der Waals surface area contributed by atoms with Gasteiger partial charge >= 0.3 is 0 Å². The van der Waals surface area contributed by atoms with Gasteiger partial charge in [0, 0.05) is 11.9 Å². The van der Waals surface area contributed by atoms with Gasteiger partial charge in [-0.1, -0.05) is 6.07 Å². The molecule has 2 heterocycles. The van der Waals surface area contributed by atoms with E-state index in [1.165, 1.54) is 5.56 Å². The maximum atomic E-state index is 9.26. The Labute approximate surface area is 118 Å². The molecule has 0 saturated heterocycles. The number of fused-ring (bicyclic) bond motifs is 1. The number of pyridine rings is 2. The summed E-state index contributed by atoms with van der Waals surface area (Å²) in [6.45, 7) is 2.62. The Morgan fingerprint density at radius 3 is 3.10 bits per heavy atom. The molecule has 2 aromatic heterocycles. The van der Waals surface area contributed by atoms with Crippen LogP contribution >= 0.6 is 0 Å². The van der Waals surface area contributed by atoms with Crippen molar-refractivity contribution in [2.24, 2.45) is 0 Å². The lowest BCUT2D eigenvalue weighted by Crippen LogP contribution is -2.07. The SMILES string of the molecule is Cc1cccnc1CNc1nc2c(cc1C#N)CCC2. The number of hydrogen-bond acceptors (Lipinski definition) is 4. The van der Waals surface area contributed by atoms with Crippen LogP contribution < -0.4 is 5.32 Å². The van der Waals surface area contributed by atoms with Crippen molar-refractivity contribution >= 4 is 5.82 Å². The standard InChI is InChI=1S/C16H16N4/c1-11-4-3-7-18-15(11)10-19-16-13(9-17)8-12-5-2-6-14(12)20-16/h3-4,7-8H,2,5-6,10H2,1H3,(H,19,20). The Morgan fingerprint density at radius 1 is 1.40 bits per heavy atom. The van der Waals surface area contributed by atoms with Crippen LogP contribution in [-0.4, -0.2) is 9.97 Å². The number of aromatic nitrogens is 2. The molecular formula is C16H16N4. The van der Waals surface area contributed by atoms with Gasteiger partial charge in [-0.3, -0.25) is 4.98 Å². The molecule has 20 heavy (non-hydrogen) atoms. The third-order valence-corrected chi connectivity index (χ3v) is 3.71. The predicted octanol–water partition coefficient (Wildman–Crippen LogP) is 2.76. The molecule has 0 amide bonds. The van der Waals surface area contributed by atoms with E-state index in [1.54, 1.807) is 6.20 Å². The summed E-state index contributed by atoms with van der Waals surface area (Å²) >= 11 is 0. The molecular weight excluding hydrogens is 248 g/mol. The summed E-state index contributed by atoms with van der Waals surface area (Å²) in [5.41, 5.74) is 5.10. The molecule has 4 nitrogen and oxygen atoms in total. The summed E-state index contributed by atoms with van der Waals surface area (Å²) in [5.74, 6) is 0.679. The van der Waals surface area contributed by atoms with Crippen LogP contribution in [-0.2, 0) is 19.4 Å². The summed E-state index contributed by atoms with van der Waals surface area (Å²) in [6.07, 6.45) is 4.97. The number of hydrogen-bond donors (Lipinski definition) is 1. The molecule has 0 radical (unpaired) electrons. The van der Waals surface area contributed by atoms with Crippen LogP contribution in [0.3, 0.4) is 0 Å². The van der Waals surface area contributed by atoms with E-state index < -0.39 is 0 Å². The fourth-order valence-corrected chi connectivity index (χ4v) is 2.56. The molecule has 4 heteroatoms. The van der Waals surface area contributed by atoms with E-state index in [1.807, 2.05) is 25.1 Å². The van der Waals surface area contributed by atoms with E-state index in [4.69, 9.17) is 0 Å². The first kappa shape index (κ1) is 12.6. The zero-order valence-electron chi connectivity index (χ0n) is 11.5. The number of anilines is 1. The summed E-state index contributed by atoms with van der Waals surface area (Å²) < 4.78 is 0. The number of nitrogens with zero attached hydrogens (tertiary/aromatic N) is 3. The molecule has 100 valence electrons. The van der Waals surface area contributed by atoms with Crippen molar-refractivity contribution in [3.63, 3.8) is 0 Å². The number of nitriles is 1. The fraction of sp³-hybridized carbons (Fsp3) is 0.312. The van der Waals surface area contributed by atoms with Gasteiger partial charge in [-0.2, -0.15) is 5.26 Å². The molecule has 0 unspecified atom stereocenters. The molecule has 0 bridgehead atoms. The normalized spacial score (nSPS) is 12.8. The molecule has 1 aliphatic carbocycles. The van der Waals surface area contributed by atoms with Crippen molar-refractivity contribution in [1.29, 1.82) is 5.26 Å². The molecule has 2 aromatic rings. The van der Waals surface area contributed by atoms with Crippen molar-refractivity contribution in [3.05, 3.63) is 52.5 Å². The number of nitrogens with one attached hydrogen (secondary N) is 1. The lowest BCUT2D eigenvalue weighted by atomic mass is 10.1. The summed E-state index contributed by atoms with van der Waals surface area (Å²) in [6, 6.07) is 8.16. The highest BCUT2D eigenvalue weighted by molar-refractivity contribution is 5.55. The van der Waals surface area contributed by atoms with Gasteiger partial charge in [0.15, 0.2) is 0 Å². The maximum absolute atomic E-state index is 9.26. The van der Waals surface area contributed by atoms with E-state index in [0.29, 0.717) is 17.9 Å². The zero-order chi connectivity index (χ0) is 13.9. The monoisotopic (exact) mass is 264 g/mol. The van der Waals surface area contributed by atoms with Crippen LogP contribution in [0, 0.1) is 18.3 Å². The van der Waals surface area contributed by atoms with Crippen LogP contribution in [0.25, 0.3) is 0 Å². The molecule has 0 aliphatic heterocycles. The van der Waals surface area contributed by atoms with E-state index >= 15 is 0 Å². The van der Waals surface area contributed by atoms with Gasteiger partial charge in [-0.25, -0.2) is 4.98 Å². The maximum Gasteiger partial charge on any atom is 0.144 e. The van der Waals surface area contributed by atoms with E-state index in [-0.39, 0.29) is 0 Å². The van der Waals surface area contributed by atoms with E-state index in [9.17, 15) is 5.26 Å². The Morgan fingerprint density at radius 2 is 2.30 bits per heavy atom. The second-order valence-electron chi connectivity index (χ2n) is 5.08. The zero-order valence-corrected chi connectivity index (χ0v) is 11.5. The van der Waals surface area contributed by atoms with Crippen LogP contribution in [0.15, 0.2) is 24.4 Å².